The number of methoxy groups -OCH3 is 1. The van der Waals surface area contributed by atoms with Gasteiger partial charge in [0.15, 0.2) is 5.67 Å². The summed E-state index contributed by atoms with van der Waals surface area (Å²) in [6, 6.07) is 3.73. The molecule has 1 aliphatic heterocycles. The maximum Gasteiger partial charge on any atom is 0.258 e. The van der Waals surface area contributed by atoms with E-state index in [0.29, 0.717) is 5.75 Å². The summed E-state index contributed by atoms with van der Waals surface area (Å²) in [5.41, 5.74) is 1.75. The number of rotatable bonds is 8. The molecule has 3 N–H and O–H groups in total. The monoisotopic (exact) mass is 546 g/mol. The van der Waals surface area contributed by atoms with Crippen molar-refractivity contribution in [2.75, 3.05) is 13.7 Å². The molecule has 1 aromatic carbocycles. The largest absolute Gasteiger partial charge is 0.496 e. The zero-order chi connectivity index (χ0) is 27.8. The number of nitrogens with one attached hydrogen (secondary N) is 2. The highest BCUT2D eigenvalue weighted by Gasteiger charge is 2.53. The Labute approximate surface area is 225 Å². The second kappa shape index (κ2) is 10.6. The lowest BCUT2D eigenvalue weighted by atomic mass is 9.85. The Morgan fingerprint density at radius 2 is 2.03 bits per heavy atom. The quantitative estimate of drug-likeness (QED) is 0.468. The number of β-amino-alcohol motifs (C(OH)–C–C–N with tert-alkyl or cyclic N) is 1. The minimum Gasteiger partial charge on any atom is -0.496 e. The molecule has 3 amide bonds. The summed E-state index contributed by atoms with van der Waals surface area (Å²) in [7, 11) is 1.56. The van der Waals surface area contributed by atoms with Crippen molar-refractivity contribution in [1.29, 1.82) is 0 Å². The first-order chi connectivity index (χ1) is 17.8. The van der Waals surface area contributed by atoms with Gasteiger partial charge in [0.1, 0.15) is 17.8 Å². The summed E-state index contributed by atoms with van der Waals surface area (Å²) >= 11 is 1.53. The Morgan fingerprint density at radius 1 is 1.32 bits per heavy atom. The van der Waals surface area contributed by atoms with Crippen molar-refractivity contribution < 1.29 is 28.6 Å². The zero-order valence-corrected chi connectivity index (χ0v) is 23.2. The van der Waals surface area contributed by atoms with E-state index in [2.05, 4.69) is 15.6 Å². The van der Waals surface area contributed by atoms with E-state index in [4.69, 9.17) is 4.74 Å². The lowest BCUT2D eigenvalue weighted by molar-refractivity contribution is -0.145. The average molecular weight is 547 g/mol. The normalized spacial score (nSPS) is 21.1. The molecule has 2 fully saturated rings. The van der Waals surface area contributed by atoms with Gasteiger partial charge in [0.25, 0.3) is 5.91 Å². The van der Waals surface area contributed by atoms with Crippen LogP contribution in [0.2, 0.25) is 0 Å². The highest BCUT2D eigenvalue weighted by atomic mass is 32.1. The number of thiazole rings is 1. The van der Waals surface area contributed by atoms with Crippen LogP contribution in [-0.2, 0) is 20.9 Å². The molecule has 1 aliphatic carbocycles. The second-order valence-corrected chi connectivity index (χ2v) is 12.0. The van der Waals surface area contributed by atoms with E-state index in [1.165, 1.54) is 16.2 Å². The first-order valence-electron chi connectivity index (χ1n) is 12.7. The van der Waals surface area contributed by atoms with Crippen LogP contribution in [0.4, 0.5) is 4.39 Å². The van der Waals surface area contributed by atoms with Gasteiger partial charge in [-0.2, -0.15) is 0 Å². The summed E-state index contributed by atoms with van der Waals surface area (Å²) in [6.07, 6.45) is -0.564. The third-order valence-corrected chi connectivity index (χ3v) is 8.07. The van der Waals surface area contributed by atoms with E-state index in [1.807, 2.05) is 25.1 Å². The van der Waals surface area contributed by atoms with Gasteiger partial charge in [0.05, 0.1) is 29.3 Å². The number of benzene rings is 1. The minimum atomic E-state index is -1.93. The Morgan fingerprint density at radius 3 is 2.61 bits per heavy atom. The smallest absolute Gasteiger partial charge is 0.258 e. The van der Waals surface area contributed by atoms with Crippen LogP contribution in [0.1, 0.15) is 51.3 Å². The van der Waals surface area contributed by atoms with Crippen LogP contribution in [0.5, 0.6) is 5.75 Å². The van der Waals surface area contributed by atoms with Crippen molar-refractivity contribution in [3.63, 3.8) is 0 Å². The Bertz CT molecular complexity index is 1220. The fraction of sp³-hybridized carbons (Fsp3) is 0.556. The Hall–Kier alpha value is -3.05. The van der Waals surface area contributed by atoms with Crippen LogP contribution < -0.4 is 15.4 Å². The van der Waals surface area contributed by atoms with Crippen LogP contribution in [0.25, 0.3) is 10.4 Å². The molecule has 1 saturated carbocycles. The topological polar surface area (TPSA) is 121 Å². The number of aromatic nitrogens is 1. The van der Waals surface area contributed by atoms with E-state index in [1.54, 1.807) is 33.4 Å². The number of hydrogen-bond acceptors (Lipinski definition) is 7. The number of carbonyl (C=O) groups is 3. The zero-order valence-electron chi connectivity index (χ0n) is 22.3. The van der Waals surface area contributed by atoms with Gasteiger partial charge in [0, 0.05) is 25.1 Å². The number of carbonyl (C=O) groups excluding carboxylic acids is 3. The molecule has 3 atom stereocenters. The Kier molecular flexibility index (Phi) is 7.81. The second-order valence-electron chi connectivity index (χ2n) is 11.1. The predicted octanol–water partition coefficient (Wildman–Crippen LogP) is 2.74. The molecule has 206 valence electrons. The number of halogens is 1. The highest BCUT2D eigenvalue weighted by Crippen LogP contribution is 2.40. The van der Waals surface area contributed by atoms with Crippen molar-refractivity contribution in [2.45, 2.75) is 77.4 Å². The molecule has 11 heteroatoms. The summed E-state index contributed by atoms with van der Waals surface area (Å²) in [5, 5.41) is 15.8. The van der Waals surface area contributed by atoms with Crippen molar-refractivity contribution in [1.82, 2.24) is 20.5 Å². The van der Waals surface area contributed by atoms with Crippen LogP contribution in [0.15, 0.2) is 23.7 Å². The van der Waals surface area contributed by atoms with Gasteiger partial charge in [-0.05, 0) is 36.8 Å². The lowest BCUT2D eigenvalue weighted by Crippen LogP contribution is -2.59. The fourth-order valence-corrected chi connectivity index (χ4v) is 5.43. The molecule has 1 saturated heterocycles. The molecule has 2 heterocycles. The molecular formula is C27H35FN4O5S. The number of hydrogen-bond donors (Lipinski definition) is 3. The third kappa shape index (κ3) is 5.83. The fourth-order valence-electron chi connectivity index (χ4n) is 4.63. The number of likely N-dealkylation sites (tertiary alicyclic amines) is 1. The third-order valence-electron chi connectivity index (χ3n) is 7.10. The van der Waals surface area contributed by atoms with Crippen LogP contribution in [0.3, 0.4) is 0 Å². The lowest BCUT2D eigenvalue weighted by Gasteiger charge is -2.35. The highest BCUT2D eigenvalue weighted by molar-refractivity contribution is 7.13. The van der Waals surface area contributed by atoms with Gasteiger partial charge in [-0.1, -0.05) is 32.9 Å². The maximum absolute atomic E-state index is 14.3. The number of aliphatic hydroxyl groups excluding tert-OH is 1. The van der Waals surface area contributed by atoms with Crippen molar-refractivity contribution >= 4 is 29.1 Å². The molecule has 38 heavy (non-hydrogen) atoms. The van der Waals surface area contributed by atoms with E-state index in [9.17, 15) is 23.9 Å². The summed E-state index contributed by atoms with van der Waals surface area (Å²) < 4.78 is 19.9. The van der Waals surface area contributed by atoms with E-state index >= 15 is 0 Å². The van der Waals surface area contributed by atoms with Gasteiger partial charge < -0.3 is 25.4 Å². The molecule has 0 bridgehead atoms. The molecular weight excluding hydrogens is 511 g/mol. The molecule has 9 nitrogen and oxygen atoms in total. The SMILES string of the molecule is COc1cc(-c2scnc2C)ccc1CNC(=O)C1CC(O)CN1C(=O)C(NC(=O)C1(F)CC1)C(C)(C)C. The number of ether oxygens (including phenoxy) is 1. The molecule has 2 aliphatic rings. The van der Waals surface area contributed by atoms with Crippen molar-refractivity contribution in [2.24, 2.45) is 5.41 Å². The van der Waals surface area contributed by atoms with Crippen molar-refractivity contribution in [3.8, 4) is 16.2 Å². The standard InChI is InChI=1S/C27H35FN4O5S/c1-15-21(38-14-30-15)16-6-7-17(20(10-16)37-5)12-29-23(34)19-11-18(33)13-32(19)24(35)22(26(2,3)4)31-25(36)27(28)8-9-27/h6-7,10,14,18-19,22,33H,8-9,11-13H2,1-5H3,(H,29,34)(H,31,36). The van der Waals surface area contributed by atoms with E-state index in [0.717, 1.165) is 21.7 Å². The summed E-state index contributed by atoms with van der Waals surface area (Å²) in [5.74, 6) is -1.16. The number of aryl methyl sites for hydroxylation is 1. The summed E-state index contributed by atoms with van der Waals surface area (Å²) in [4.78, 5) is 45.8. The molecule has 3 unspecified atom stereocenters. The number of amides is 3. The predicted molar refractivity (Wildman–Crippen MR) is 141 cm³/mol. The van der Waals surface area contributed by atoms with Gasteiger partial charge in [-0.25, -0.2) is 9.37 Å². The first-order valence-corrected chi connectivity index (χ1v) is 13.6. The molecule has 2 aromatic rings. The maximum atomic E-state index is 14.3. The average Bonchev–Trinajstić information content (AvgIpc) is 3.28. The van der Waals surface area contributed by atoms with Gasteiger partial charge in [0.2, 0.25) is 11.8 Å². The van der Waals surface area contributed by atoms with Gasteiger partial charge in [-0.15, -0.1) is 11.3 Å². The summed E-state index contributed by atoms with van der Waals surface area (Å²) in [6.45, 7) is 7.33. The van der Waals surface area contributed by atoms with E-state index < -0.39 is 47.0 Å². The van der Waals surface area contributed by atoms with Crippen LogP contribution in [-0.4, -0.2) is 70.2 Å². The molecule has 0 spiro atoms. The van der Waals surface area contributed by atoms with Crippen LogP contribution >= 0.6 is 11.3 Å². The molecule has 1 aromatic heterocycles. The minimum absolute atomic E-state index is 0.0492. The molecule has 0 radical (unpaired) electrons. The number of aliphatic hydroxyl groups is 1. The Balaban J connectivity index is 1.47. The van der Waals surface area contributed by atoms with Gasteiger partial charge in [-0.3, -0.25) is 14.4 Å². The van der Waals surface area contributed by atoms with Gasteiger partial charge >= 0.3 is 0 Å². The van der Waals surface area contributed by atoms with E-state index in [-0.39, 0.29) is 32.4 Å². The number of nitrogens with zero attached hydrogens (tertiary/aromatic N) is 2. The molecule has 4 rings (SSSR count). The van der Waals surface area contributed by atoms with Crippen LogP contribution in [0, 0.1) is 12.3 Å². The number of alkyl halides is 1. The first kappa shape index (κ1) is 28.0. The van der Waals surface area contributed by atoms with Crippen molar-refractivity contribution in [3.05, 3.63) is 35.0 Å².